The Morgan fingerprint density at radius 1 is 1.26 bits per heavy atom. The van der Waals surface area contributed by atoms with Crippen molar-refractivity contribution in [1.82, 2.24) is 10.2 Å². The van der Waals surface area contributed by atoms with Crippen LogP contribution in [0, 0.1) is 0 Å². The van der Waals surface area contributed by atoms with Gasteiger partial charge in [0.1, 0.15) is 9.84 Å². The molecule has 4 nitrogen and oxygen atoms in total. The second-order valence-electron chi connectivity index (χ2n) is 6.38. The van der Waals surface area contributed by atoms with Gasteiger partial charge in [-0.15, -0.1) is 0 Å². The summed E-state index contributed by atoms with van der Waals surface area (Å²) in [5.41, 5.74) is 0.265. The van der Waals surface area contributed by atoms with E-state index in [2.05, 4.69) is 17.1 Å². The summed E-state index contributed by atoms with van der Waals surface area (Å²) in [5.74, 6) is 0.291. The molecule has 2 rings (SSSR count). The Hall–Kier alpha value is -0.130. The lowest BCUT2D eigenvalue weighted by Gasteiger charge is -2.49. The monoisotopic (exact) mass is 288 g/mol. The van der Waals surface area contributed by atoms with Crippen LogP contribution in [0.1, 0.15) is 45.4 Å². The maximum Gasteiger partial charge on any atom is 0.148 e. The Morgan fingerprint density at radius 2 is 1.95 bits per heavy atom. The van der Waals surface area contributed by atoms with Gasteiger partial charge in [0.05, 0.1) is 5.75 Å². The lowest BCUT2D eigenvalue weighted by molar-refractivity contribution is 0.0587. The van der Waals surface area contributed by atoms with Crippen molar-refractivity contribution in [3.05, 3.63) is 0 Å². The second-order valence-corrected chi connectivity index (χ2v) is 8.64. The second kappa shape index (κ2) is 6.10. The van der Waals surface area contributed by atoms with E-state index >= 15 is 0 Å². The number of nitrogens with one attached hydrogen (secondary N) is 1. The Bertz CT molecular complexity index is 388. The van der Waals surface area contributed by atoms with Crippen LogP contribution in [0.25, 0.3) is 0 Å². The minimum Gasteiger partial charge on any atom is -0.308 e. The third-order valence-corrected chi connectivity index (χ3v) is 5.69. The summed E-state index contributed by atoms with van der Waals surface area (Å²) in [7, 11) is -2.86. The first-order valence-electron chi connectivity index (χ1n) is 7.61. The highest BCUT2D eigenvalue weighted by Gasteiger charge is 2.39. The van der Waals surface area contributed by atoms with Crippen LogP contribution in [-0.2, 0) is 9.84 Å². The molecule has 5 heteroatoms. The first-order valence-corrected chi connectivity index (χ1v) is 9.67. The predicted molar refractivity (Wildman–Crippen MR) is 79.2 cm³/mol. The smallest absolute Gasteiger partial charge is 0.148 e. The zero-order valence-corrected chi connectivity index (χ0v) is 13.1. The van der Waals surface area contributed by atoms with E-state index in [0.29, 0.717) is 18.3 Å². The lowest BCUT2D eigenvalue weighted by atomic mass is 9.79. The molecular weight excluding hydrogens is 260 g/mol. The van der Waals surface area contributed by atoms with Gasteiger partial charge in [-0.1, -0.05) is 26.2 Å². The molecule has 0 aromatic heterocycles. The average Bonchev–Trinajstić information content (AvgIpc) is 2.37. The van der Waals surface area contributed by atoms with E-state index in [1.165, 1.54) is 38.4 Å². The van der Waals surface area contributed by atoms with Crippen LogP contribution in [0.3, 0.4) is 0 Å². The fourth-order valence-corrected chi connectivity index (χ4v) is 4.11. The highest BCUT2D eigenvalue weighted by molar-refractivity contribution is 7.90. The summed E-state index contributed by atoms with van der Waals surface area (Å²) in [4.78, 5) is 2.42. The molecule has 0 amide bonds. The third kappa shape index (κ3) is 4.17. The highest BCUT2D eigenvalue weighted by atomic mass is 32.2. The summed E-state index contributed by atoms with van der Waals surface area (Å²) >= 11 is 0. The van der Waals surface area contributed by atoms with Gasteiger partial charge < -0.3 is 5.32 Å². The average molecular weight is 288 g/mol. The van der Waals surface area contributed by atoms with Crippen LogP contribution < -0.4 is 5.32 Å². The Kier molecular flexibility index (Phi) is 4.90. The van der Waals surface area contributed by atoms with Crippen LogP contribution in [0.2, 0.25) is 0 Å². The number of hydrogen-bond acceptors (Lipinski definition) is 4. The molecule has 1 aliphatic carbocycles. The van der Waals surface area contributed by atoms with Gasteiger partial charge >= 0.3 is 0 Å². The van der Waals surface area contributed by atoms with Gasteiger partial charge in [0, 0.05) is 37.5 Å². The standard InChI is InChI=1S/C14H28N2O2S/c1-3-13-11-15-14(7-5-4-6-8-14)12-16(13)9-10-19(2,17)18/h13,15H,3-12H2,1-2H3. The van der Waals surface area contributed by atoms with Crippen molar-refractivity contribution in [1.29, 1.82) is 0 Å². The maximum absolute atomic E-state index is 11.4. The first kappa shape index (κ1) is 15.3. The van der Waals surface area contributed by atoms with Crippen molar-refractivity contribution in [3.8, 4) is 0 Å². The molecule has 1 saturated heterocycles. The summed E-state index contributed by atoms with van der Waals surface area (Å²) in [6.07, 6.45) is 8.90. The van der Waals surface area contributed by atoms with Gasteiger partial charge in [-0.3, -0.25) is 4.90 Å². The molecule has 2 fully saturated rings. The van der Waals surface area contributed by atoms with Gasteiger partial charge in [0.2, 0.25) is 0 Å². The molecule has 1 N–H and O–H groups in total. The highest BCUT2D eigenvalue weighted by Crippen LogP contribution is 2.32. The summed E-state index contributed by atoms with van der Waals surface area (Å²) in [6, 6.07) is 0.495. The zero-order chi connectivity index (χ0) is 13.9. The van der Waals surface area contributed by atoms with Gasteiger partial charge in [-0.25, -0.2) is 8.42 Å². The number of hydrogen-bond donors (Lipinski definition) is 1. The van der Waals surface area contributed by atoms with Gasteiger partial charge in [0.25, 0.3) is 0 Å². The van der Waals surface area contributed by atoms with Gasteiger partial charge in [-0.2, -0.15) is 0 Å². The minimum absolute atomic E-state index is 0.265. The van der Waals surface area contributed by atoms with E-state index in [-0.39, 0.29) is 5.54 Å². The number of nitrogens with zero attached hydrogens (tertiary/aromatic N) is 1. The summed E-state index contributed by atoms with van der Waals surface area (Å²) in [6.45, 7) is 4.93. The molecule has 1 spiro atoms. The van der Waals surface area contributed by atoms with Crippen molar-refractivity contribution in [2.75, 3.05) is 31.6 Å². The Morgan fingerprint density at radius 3 is 2.53 bits per heavy atom. The molecular formula is C14H28N2O2S. The zero-order valence-electron chi connectivity index (χ0n) is 12.3. The van der Waals surface area contributed by atoms with E-state index in [1.54, 1.807) is 0 Å². The molecule has 0 bridgehead atoms. The van der Waals surface area contributed by atoms with Crippen molar-refractivity contribution >= 4 is 9.84 Å². The number of sulfone groups is 1. The largest absolute Gasteiger partial charge is 0.308 e. The van der Waals surface area contributed by atoms with E-state index in [0.717, 1.165) is 19.5 Å². The predicted octanol–water partition coefficient (Wildman–Crippen LogP) is 1.42. The Labute approximate surface area is 117 Å². The SMILES string of the molecule is CCC1CNC2(CCCCC2)CN1CCS(C)(=O)=O. The van der Waals surface area contributed by atoms with Crippen molar-refractivity contribution in [2.45, 2.75) is 57.0 Å². The van der Waals surface area contributed by atoms with Crippen LogP contribution in [0.4, 0.5) is 0 Å². The molecule has 1 heterocycles. The molecule has 0 aromatic carbocycles. The summed E-state index contributed by atoms with van der Waals surface area (Å²) < 4.78 is 22.8. The van der Waals surface area contributed by atoms with Crippen molar-refractivity contribution in [2.24, 2.45) is 0 Å². The van der Waals surface area contributed by atoms with Gasteiger partial charge in [-0.05, 0) is 19.3 Å². The number of rotatable bonds is 4. The van der Waals surface area contributed by atoms with Crippen LogP contribution in [0.15, 0.2) is 0 Å². The van der Waals surface area contributed by atoms with E-state index in [4.69, 9.17) is 0 Å². The van der Waals surface area contributed by atoms with Crippen molar-refractivity contribution in [3.63, 3.8) is 0 Å². The molecule has 1 saturated carbocycles. The maximum atomic E-state index is 11.4. The minimum atomic E-state index is -2.86. The third-order valence-electron chi connectivity index (χ3n) is 4.77. The number of piperazine rings is 1. The molecule has 1 aliphatic heterocycles. The lowest BCUT2D eigenvalue weighted by Crippen LogP contribution is -2.65. The topological polar surface area (TPSA) is 49.4 Å². The van der Waals surface area contributed by atoms with Crippen LogP contribution >= 0.6 is 0 Å². The van der Waals surface area contributed by atoms with Gasteiger partial charge in [0.15, 0.2) is 0 Å². The van der Waals surface area contributed by atoms with Crippen LogP contribution in [-0.4, -0.2) is 56.5 Å². The fraction of sp³-hybridized carbons (Fsp3) is 1.00. The van der Waals surface area contributed by atoms with Crippen LogP contribution in [0.5, 0.6) is 0 Å². The molecule has 1 unspecified atom stereocenters. The van der Waals surface area contributed by atoms with E-state index < -0.39 is 9.84 Å². The molecule has 0 radical (unpaired) electrons. The quantitative estimate of drug-likeness (QED) is 0.850. The molecule has 112 valence electrons. The molecule has 1 atom stereocenters. The normalized spacial score (nSPS) is 28.6. The first-order chi connectivity index (χ1) is 8.94. The molecule has 2 aliphatic rings. The summed E-state index contributed by atoms with van der Waals surface area (Å²) in [5, 5.41) is 3.77. The van der Waals surface area contributed by atoms with E-state index in [1.807, 2.05) is 0 Å². The molecule has 0 aromatic rings. The molecule has 19 heavy (non-hydrogen) atoms. The van der Waals surface area contributed by atoms with Crippen molar-refractivity contribution < 1.29 is 8.42 Å². The van der Waals surface area contributed by atoms with E-state index in [9.17, 15) is 8.42 Å². The fourth-order valence-electron chi connectivity index (χ4n) is 3.55. The Balaban J connectivity index is 2.00.